The summed E-state index contributed by atoms with van der Waals surface area (Å²) in [6.45, 7) is 1.04. The summed E-state index contributed by atoms with van der Waals surface area (Å²) in [5.41, 5.74) is 1.30. The third-order valence-corrected chi connectivity index (χ3v) is 3.57. The number of hydrogen-bond acceptors (Lipinski definition) is 3. The molecule has 1 fully saturated rings. The Morgan fingerprint density at radius 2 is 2.00 bits per heavy atom. The molecule has 1 aliphatic rings. The van der Waals surface area contributed by atoms with Crippen LogP contribution in [0.15, 0.2) is 42.9 Å². The first-order chi connectivity index (χ1) is 8.84. The van der Waals surface area contributed by atoms with Crippen molar-refractivity contribution in [2.24, 2.45) is 0 Å². The van der Waals surface area contributed by atoms with E-state index in [1.807, 2.05) is 24.5 Å². The summed E-state index contributed by atoms with van der Waals surface area (Å²) in [4.78, 5) is 10.8. The molecule has 2 aromatic heterocycles. The molecule has 1 saturated heterocycles. The molecule has 1 atom stereocenters. The normalized spacial score (nSPS) is 19.2. The molecule has 18 heavy (non-hydrogen) atoms. The van der Waals surface area contributed by atoms with Crippen LogP contribution in [0, 0.1) is 0 Å². The Bertz CT molecular complexity index is 512. The van der Waals surface area contributed by atoms with Crippen molar-refractivity contribution in [3.63, 3.8) is 0 Å². The Balaban J connectivity index is 1.90. The van der Waals surface area contributed by atoms with Gasteiger partial charge in [0.1, 0.15) is 5.82 Å². The largest absolute Gasteiger partial charge is 0.350 e. The molecule has 0 N–H and O–H groups in total. The van der Waals surface area contributed by atoms with Gasteiger partial charge in [-0.15, -0.1) is 0 Å². The van der Waals surface area contributed by atoms with E-state index in [0.29, 0.717) is 11.1 Å². The van der Waals surface area contributed by atoms with E-state index in [9.17, 15) is 0 Å². The zero-order valence-corrected chi connectivity index (χ0v) is 10.7. The maximum absolute atomic E-state index is 5.88. The smallest absolute Gasteiger partial charge is 0.129 e. The highest BCUT2D eigenvalue weighted by Gasteiger charge is 2.26. The average molecular weight is 260 g/mol. The summed E-state index contributed by atoms with van der Waals surface area (Å²) in [5, 5.41) is 0.679. The molecule has 0 spiro atoms. The molecular formula is C14H14ClN3. The van der Waals surface area contributed by atoms with Gasteiger partial charge < -0.3 is 4.90 Å². The van der Waals surface area contributed by atoms with Crippen molar-refractivity contribution in [2.75, 3.05) is 11.4 Å². The van der Waals surface area contributed by atoms with Crippen molar-refractivity contribution in [1.82, 2.24) is 9.97 Å². The van der Waals surface area contributed by atoms with E-state index in [4.69, 9.17) is 11.6 Å². The molecule has 0 radical (unpaired) electrons. The molecule has 2 aromatic rings. The number of anilines is 1. The predicted octanol–water partition coefficient (Wildman–Crippen LogP) is 3.47. The predicted molar refractivity (Wildman–Crippen MR) is 72.8 cm³/mol. The lowest BCUT2D eigenvalue weighted by Crippen LogP contribution is -2.23. The van der Waals surface area contributed by atoms with Gasteiger partial charge in [-0.05, 0) is 42.7 Å². The minimum absolute atomic E-state index is 0.404. The molecule has 1 aliphatic heterocycles. The average Bonchev–Trinajstić information content (AvgIpc) is 2.90. The summed E-state index contributed by atoms with van der Waals surface area (Å²) in [7, 11) is 0. The third kappa shape index (κ3) is 2.18. The lowest BCUT2D eigenvalue weighted by atomic mass is 10.1. The van der Waals surface area contributed by atoms with Crippen molar-refractivity contribution in [3.05, 3.63) is 53.4 Å². The van der Waals surface area contributed by atoms with Crippen molar-refractivity contribution in [2.45, 2.75) is 18.9 Å². The van der Waals surface area contributed by atoms with Crippen LogP contribution < -0.4 is 4.90 Å². The number of rotatable bonds is 2. The molecule has 3 heterocycles. The van der Waals surface area contributed by atoms with Crippen LogP contribution in [0.3, 0.4) is 0 Å². The molecule has 1 unspecified atom stereocenters. The first-order valence-electron chi connectivity index (χ1n) is 6.13. The highest BCUT2D eigenvalue weighted by Crippen LogP contribution is 2.34. The highest BCUT2D eigenvalue weighted by molar-refractivity contribution is 6.30. The van der Waals surface area contributed by atoms with Gasteiger partial charge in [0.2, 0.25) is 0 Å². The minimum Gasteiger partial charge on any atom is -0.350 e. The molecule has 0 saturated carbocycles. The SMILES string of the molecule is Clc1ccc(N2CCCC2c2ccncc2)nc1. The van der Waals surface area contributed by atoms with Gasteiger partial charge in [-0.2, -0.15) is 0 Å². The third-order valence-electron chi connectivity index (χ3n) is 3.35. The fraction of sp³-hybridized carbons (Fsp3) is 0.286. The standard InChI is InChI=1S/C14H14ClN3/c15-12-3-4-14(17-10-12)18-9-1-2-13(18)11-5-7-16-8-6-11/h3-8,10,13H,1-2,9H2. The second-order valence-electron chi connectivity index (χ2n) is 4.47. The molecule has 3 rings (SSSR count). The van der Waals surface area contributed by atoms with Crippen LogP contribution in [0.4, 0.5) is 5.82 Å². The van der Waals surface area contributed by atoms with Crippen molar-refractivity contribution in [1.29, 1.82) is 0 Å². The molecule has 0 bridgehead atoms. The molecule has 3 nitrogen and oxygen atoms in total. The Labute approximate surface area is 111 Å². The Kier molecular flexibility index (Phi) is 3.15. The van der Waals surface area contributed by atoms with Crippen molar-refractivity contribution >= 4 is 17.4 Å². The summed E-state index contributed by atoms with van der Waals surface area (Å²) in [6.07, 6.45) is 7.76. The van der Waals surface area contributed by atoms with E-state index in [-0.39, 0.29) is 0 Å². The quantitative estimate of drug-likeness (QED) is 0.827. The summed E-state index contributed by atoms with van der Waals surface area (Å²) in [5.74, 6) is 0.999. The lowest BCUT2D eigenvalue weighted by molar-refractivity contribution is 0.710. The summed E-state index contributed by atoms with van der Waals surface area (Å²) in [6, 6.07) is 8.45. The molecule has 0 amide bonds. The molecule has 92 valence electrons. The van der Waals surface area contributed by atoms with Gasteiger partial charge in [0.25, 0.3) is 0 Å². The number of aromatic nitrogens is 2. The molecule has 4 heteroatoms. The van der Waals surface area contributed by atoms with Crippen LogP contribution in [0.25, 0.3) is 0 Å². The number of hydrogen-bond donors (Lipinski definition) is 0. The van der Waals surface area contributed by atoms with Gasteiger partial charge in [0.05, 0.1) is 11.1 Å². The van der Waals surface area contributed by atoms with Crippen LogP contribution in [-0.2, 0) is 0 Å². The van der Waals surface area contributed by atoms with E-state index >= 15 is 0 Å². The maximum atomic E-state index is 5.88. The Morgan fingerprint density at radius 1 is 1.17 bits per heavy atom. The van der Waals surface area contributed by atoms with E-state index in [2.05, 4.69) is 27.0 Å². The Hall–Kier alpha value is -1.61. The fourth-order valence-corrected chi connectivity index (χ4v) is 2.62. The van der Waals surface area contributed by atoms with Gasteiger partial charge >= 0.3 is 0 Å². The van der Waals surface area contributed by atoms with Crippen LogP contribution in [0.2, 0.25) is 5.02 Å². The first-order valence-corrected chi connectivity index (χ1v) is 6.50. The minimum atomic E-state index is 0.404. The molecular weight excluding hydrogens is 246 g/mol. The summed E-state index contributed by atoms with van der Waals surface area (Å²) < 4.78 is 0. The van der Waals surface area contributed by atoms with E-state index in [0.717, 1.165) is 18.8 Å². The molecule has 0 aliphatic carbocycles. The van der Waals surface area contributed by atoms with E-state index in [1.54, 1.807) is 6.20 Å². The Morgan fingerprint density at radius 3 is 2.72 bits per heavy atom. The number of nitrogens with zero attached hydrogens (tertiary/aromatic N) is 3. The van der Waals surface area contributed by atoms with E-state index < -0.39 is 0 Å². The number of pyridine rings is 2. The van der Waals surface area contributed by atoms with Gasteiger partial charge in [0, 0.05) is 25.1 Å². The van der Waals surface area contributed by atoms with Gasteiger partial charge in [-0.25, -0.2) is 4.98 Å². The van der Waals surface area contributed by atoms with Crippen molar-refractivity contribution < 1.29 is 0 Å². The number of halogens is 1. The zero-order chi connectivity index (χ0) is 12.4. The summed E-state index contributed by atoms with van der Waals surface area (Å²) >= 11 is 5.88. The second-order valence-corrected chi connectivity index (χ2v) is 4.90. The van der Waals surface area contributed by atoms with Gasteiger partial charge in [0.15, 0.2) is 0 Å². The van der Waals surface area contributed by atoms with E-state index in [1.165, 1.54) is 12.0 Å². The zero-order valence-electron chi connectivity index (χ0n) is 9.96. The first kappa shape index (κ1) is 11.5. The molecule has 0 aromatic carbocycles. The second kappa shape index (κ2) is 4.94. The van der Waals surface area contributed by atoms with Gasteiger partial charge in [-0.3, -0.25) is 4.98 Å². The van der Waals surface area contributed by atoms with Gasteiger partial charge in [-0.1, -0.05) is 11.6 Å². The monoisotopic (exact) mass is 259 g/mol. The van der Waals surface area contributed by atoms with Crippen LogP contribution in [0.5, 0.6) is 0 Å². The topological polar surface area (TPSA) is 29.0 Å². The highest BCUT2D eigenvalue weighted by atomic mass is 35.5. The fourth-order valence-electron chi connectivity index (χ4n) is 2.51. The van der Waals surface area contributed by atoms with Crippen LogP contribution in [0.1, 0.15) is 24.4 Å². The van der Waals surface area contributed by atoms with Crippen LogP contribution in [-0.4, -0.2) is 16.5 Å². The van der Waals surface area contributed by atoms with Crippen LogP contribution >= 0.6 is 11.6 Å². The maximum Gasteiger partial charge on any atom is 0.129 e. The lowest BCUT2D eigenvalue weighted by Gasteiger charge is -2.25. The van der Waals surface area contributed by atoms with Crippen molar-refractivity contribution in [3.8, 4) is 0 Å².